The van der Waals surface area contributed by atoms with Gasteiger partial charge in [0.25, 0.3) is 5.91 Å². The Morgan fingerprint density at radius 3 is 2.16 bits per heavy atom. The molecule has 0 spiro atoms. The molecule has 0 bridgehead atoms. The SMILES string of the molecule is C1CC1.CC(C)(C)C(F)(F)F.CC(CC(=O)NCc1ccc2nc(CNC(=O)c3nonc3C3CC3)[nH]c2c1)C(F)(F)F. The second kappa shape index (κ2) is 13.8. The zero-order chi connectivity index (χ0) is 32.0. The largest absolute Gasteiger partial charge is 0.393 e. The quantitative estimate of drug-likeness (QED) is 0.241. The second-order valence-electron chi connectivity index (χ2n) is 11.7. The number of rotatable bonds is 8. The summed E-state index contributed by atoms with van der Waals surface area (Å²) in [5, 5.41) is 12.7. The minimum atomic E-state index is -4.40. The van der Waals surface area contributed by atoms with Gasteiger partial charge in [-0.1, -0.05) is 58.2 Å². The Bertz CT molecular complexity index is 1350. The zero-order valence-corrected chi connectivity index (χ0v) is 24.4. The Balaban J connectivity index is 0.000000389. The maximum absolute atomic E-state index is 12.6. The summed E-state index contributed by atoms with van der Waals surface area (Å²) < 4.78 is 77.1. The van der Waals surface area contributed by atoms with Gasteiger partial charge >= 0.3 is 12.4 Å². The van der Waals surface area contributed by atoms with Crippen molar-refractivity contribution in [3.05, 3.63) is 41.0 Å². The average Bonchev–Trinajstić information content (AvgIpc) is 3.85. The van der Waals surface area contributed by atoms with Crippen molar-refractivity contribution in [2.45, 2.75) is 97.6 Å². The van der Waals surface area contributed by atoms with Gasteiger partial charge in [0, 0.05) is 18.9 Å². The third kappa shape index (κ3) is 10.8. The molecule has 0 radical (unpaired) electrons. The highest BCUT2D eigenvalue weighted by molar-refractivity contribution is 5.93. The summed E-state index contributed by atoms with van der Waals surface area (Å²) in [5.74, 6) is -2.04. The predicted octanol–water partition coefficient (Wildman–Crippen LogP) is 6.72. The lowest BCUT2D eigenvalue weighted by atomic mass is 9.96. The Morgan fingerprint density at radius 2 is 1.63 bits per heavy atom. The van der Waals surface area contributed by atoms with Gasteiger partial charge < -0.3 is 15.6 Å². The van der Waals surface area contributed by atoms with Crippen molar-refractivity contribution >= 4 is 22.8 Å². The number of carbonyl (C=O) groups excluding carboxylic acids is 2. The molecular weight excluding hydrogens is 582 g/mol. The van der Waals surface area contributed by atoms with Crippen LogP contribution in [-0.4, -0.2) is 44.4 Å². The third-order valence-electron chi connectivity index (χ3n) is 6.45. The molecule has 2 fully saturated rings. The van der Waals surface area contributed by atoms with Crippen LogP contribution in [0.4, 0.5) is 26.3 Å². The molecule has 5 rings (SSSR count). The molecule has 2 aliphatic carbocycles. The van der Waals surface area contributed by atoms with Crippen LogP contribution in [0.15, 0.2) is 22.8 Å². The number of benzene rings is 1. The number of nitrogens with one attached hydrogen (secondary N) is 3. The lowest BCUT2D eigenvalue weighted by molar-refractivity contribution is -0.204. The fourth-order valence-corrected chi connectivity index (χ4v) is 3.20. The molecule has 2 amide bonds. The molecule has 0 saturated heterocycles. The molecule has 2 aromatic heterocycles. The van der Waals surface area contributed by atoms with E-state index in [1.54, 1.807) is 18.2 Å². The Labute approximate surface area is 244 Å². The van der Waals surface area contributed by atoms with Gasteiger partial charge in [0.05, 0.1) is 28.9 Å². The van der Waals surface area contributed by atoms with Crippen molar-refractivity contribution in [1.82, 2.24) is 30.9 Å². The minimum absolute atomic E-state index is 0.0908. The van der Waals surface area contributed by atoms with Crippen molar-refractivity contribution in [2.75, 3.05) is 0 Å². The van der Waals surface area contributed by atoms with Gasteiger partial charge in [0.1, 0.15) is 11.5 Å². The molecule has 9 nitrogen and oxygen atoms in total. The first-order chi connectivity index (χ1) is 20.0. The normalized spacial score (nSPS) is 15.5. The number of hydrogen-bond acceptors (Lipinski definition) is 6. The summed E-state index contributed by atoms with van der Waals surface area (Å²) in [6.45, 7) is 4.63. The monoisotopic (exact) mass is 618 g/mol. The van der Waals surface area contributed by atoms with E-state index < -0.39 is 41.9 Å². The number of alkyl halides is 6. The summed E-state index contributed by atoms with van der Waals surface area (Å²) in [5.41, 5.74) is 1.22. The van der Waals surface area contributed by atoms with Gasteiger partial charge in [-0.2, -0.15) is 26.3 Å². The fraction of sp³-hybridized carbons (Fsp3) is 0.607. The van der Waals surface area contributed by atoms with Crippen LogP contribution in [0.1, 0.15) is 99.7 Å². The highest BCUT2D eigenvalue weighted by Crippen LogP contribution is 2.40. The van der Waals surface area contributed by atoms with Crippen molar-refractivity contribution in [1.29, 1.82) is 0 Å². The Morgan fingerprint density at radius 1 is 1.00 bits per heavy atom. The summed E-state index contributed by atoms with van der Waals surface area (Å²) in [6, 6.07) is 5.19. The van der Waals surface area contributed by atoms with Crippen LogP contribution in [0, 0.1) is 11.3 Å². The van der Waals surface area contributed by atoms with Crippen molar-refractivity contribution < 1.29 is 40.6 Å². The summed E-state index contributed by atoms with van der Waals surface area (Å²) >= 11 is 0. The molecule has 1 atom stereocenters. The molecule has 2 aliphatic rings. The smallest absolute Gasteiger partial charge is 0.352 e. The Kier molecular flexibility index (Phi) is 10.8. The number of nitrogens with zero attached hydrogens (tertiary/aromatic N) is 3. The molecule has 0 aliphatic heterocycles. The third-order valence-corrected chi connectivity index (χ3v) is 6.45. The van der Waals surface area contributed by atoms with Crippen LogP contribution in [0.25, 0.3) is 11.0 Å². The van der Waals surface area contributed by atoms with E-state index in [2.05, 4.69) is 35.5 Å². The molecule has 3 N–H and O–H groups in total. The van der Waals surface area contributed by atoms with Crippen LogP contribution < -0.4 is 10.6 Å². The maximum atomic E-state index is 12.6. The number of H-pyrrole nitrogens is 1. The standard InChI is InChI=1S/C20H21F3N6O3.C5H9F3.C3H6/c1-10(20(21,22)23)6-16(30)24-8-11-2-5-13-14(7-11)27-15(26-13)9-25-19(31)18-17(12-3-4-12)28-32-29-18;1-4(2,3)5(6,7)8;1-2-3-1/h2,5,7,10,12H,3-4,6,8-9H2,1H3,(H,24,30)(H,25,31)(H,26,27);1-3H3;1-3H2. The van der Waals surface area contributed by atoms with Gasteiger partial charge in [-0.25, -0.2) is 9.61 Å². The van der Waals surface area contributed by atoms with Gasteiger partial charge in [-0.3, -0.25) is 9.59 Å². The molecule has 3 aromatic rings. The van der Waals surface area contributed by atoms with E-state index in [1.165, 1.54) is 19.3 Å². The van der Waals surface area contributed by atoms with Crippen LogP contribution in [0.5, 0.6) is 0 Å². The van der Waals surface area contributed by atoms with E-state index in [4.69, 9.17) is 0 Å². The van der Waals surface area contributed by atoms with Crippen LogP contribution >= 0.6 is 0 Å². The topological polar surface area (TPSA) is 126 Å². The lowest BCUT2D eigenvalue weighted by Crippen LogP contribution is -2.29. The first kappa shape index (κ1) is 33.8. The summed E-state index contributed by atoms with van der Waals surface area (Å²) in [6.07, 6.45) is -2.66. The molecule has 43 heavy (non-hydrogen) atoms. The summed E-state index contributed by atoms with van der Waals surface area (Å²) in [7, 11) is 0. The lowest BCUT2D eigenvalue weighted by Gasteiger charge is -2.21. The highest BCUT2D eigenvalue weighted by Gasteiger charge is 2.43. The van der Waals surface area contributed by atoms with Gasteiger partial charge in [-0.05, 0) is 35.7 Å². The predicted molar refractivity (Wildman–Crippen MR) is 145 cm³/mol. The highest BCUT2D eigenvalue weighted by atomic mass is 19.4. The van der Waals surface area contributed by atoms with E-state index in [9.17, 15) is 35.9 Å². The summed E-state index contributed by atoms with van der Waals surface area (Å²) in [4.78, 5) is 31.6. The fourth-order valence-electron chi connectivity index (χ4n) is 3.20. The van der Waals surface area contributed by atoms with Gasteiger partial charge in [0.2, 0.25) is 5.91 Å². The first-order valence-electron chi connectivity index (χ1n) is 13.9. The number of aromatic amines is 1. The molecule has 1 aromatic carbocycles. The van der Waals surface area contributed by atoms with Crippen molar-refractivity contribution in [3.8, 4) is 0 Å². The Hall–Kier alpha value is -3.65. The number of hydrogen-bond donors (Lipinski definition) is 3. The number of amides is 2. The van der Waals surface area contributed by atoms with E-state index >= 15 is 0 Å². The van der Waals surface area contributed by atoms with Crippen LogP contribution in [0.2, 0.25) is 0 Å². The molecular formula is C28H36F6N6O3. The van der Waals surface area contributed by atoms with E-state index in [-0.39, 0.29) is 24.7 Å². The molecule has 2 heterocycles. The molecule has 15 heteroatoms. The van der Waals surface area contributed by atoms with Gasteiger partial charge in [0.15, 0.2) is 5.69 Å². The number of aromatic nitrogens is 4. The molecule has 1 unspecified atom stereocenters. The van der Waals surface area contributed by atoms with Crippen molar-refractivity contribution in [3.63, 3.8) is 0 Å². The number of halogens is 6. The number of imidazole rings is 1. The second-order valence-corrected chi connectivity index (χ2v) is 11.7. The average molecular weight is 619 g/mol. The van der Waals surface area contributed by atoms with E-state index in [0.29, 0.717) is 28.1 Å². The van der Waals surface area contributed by atoms with E-state index in [1.807, 2.05) is 0 Å². The zero-order valence-electron chi connectivity index (χ0n) is 24.4. The van der Waals surface area contributed by atoms with Gasteiger partial charge in [-0.15, -0.1) is 0 Å². The number of carbonyl (C=O) groups is 2. The maximum Gasteiger partial charge on any atom is 0.393 e. The molecule has 238 valence electrons. The van der Waals surface area contributed by atoms with Crippen LogP contribution in [0.3, 0.4) is 0 Å². The first-order valence-corrected chi connectivity index (χ1v) is 13.9. The number of fused-ring (bicyclic) bond motifs is 1. The van der Waals surface area contributed by atoms with E-state index in [0.717, 1.165) is 40.5 Å². The van der Waals surface area contributed by atoms with Crippen molar-refractivity contribution in [2.24, 2.45) is 11.3 Å². The van der Waals surface area contributed by atoms with Crippen LogP contribution in [-0.2, 0) is 17.9 Å². The molecule has 2 saturated carbocycles. The minimum Gasteiger partial charge on any atom is -0.352 e.